The minimum Gasteiger partial charge on any atom is -0.445 e. The van der Waals surface area contributed by atoms with E-state index in [1.165, 1.54) is 25.7 Å². The van der Waals surface area contributed by atoms with Crippen LogP contribution in [-0.2, 0) is 6.54 Å². The van der Waals surface area contributed by atoms with Gasteiger partial charge >= 0.3 is 0 Å². The molecule has 0 bridgehead atoms. The van der Waals surface area contributed by atoms with Crippen molar-refractivity contribution in [2.45, 2.75) is 59.0 Å². The molecule has 0 amide bonds. The van der Waals surface area contributed by atoms with Crippen LogP contribution in [0.1, 0.15) is 51.2 Å². The van der Waals surface area contributed by atoms with E-state index in [2.05, 4.69) is 24.1 Å². The standard InChI is InChI=1S/C12H22N2O/c1-4-5-6-7-10(2)13-9-12-14-8-11(3)15-12/h8,10,13H,4-7,9H2,1-3H3. The Morgan fingerprint density at radius 3 is 2.87 bits per heavy atom. The molecule has 0 aliphatic rings. The highest BCUT2D eigenvalue weighted by Gasteiger charge is 2.04. The smallest absolute Gasteiger partial charge is 0.208 e. The summed E-state index contributed by atoms with van der Waals surface area (Å²) in [5, 5.41) is 3.41. The van der Waals surface area contributed by atoms with Crippen LogP contribution in [0.15, 0.2) is 10.6 Å². The highest BCUT2D eigenvalue weighted by molar-refractivity contribution is 4.90. The lowest BCUT2D eigenvalue weighted by Gasteiger charge is -2.11. The first kappa shape index (κ1) is 12.2. The summed E-state index contributed by atoms with van der Waals surface area (Å²) in [5.74, 6) is 1.67. The Bertz CT molecular complexity index is 270. The number of hydrogen-bond acceptors (Lipinski definition) is 3. The molecule has 1 unspecified atom stereocenters. The van der Waals surface area contributed by atoms with Crippen LogP contribution in [0, 0.1) is 6.92 Å². The van der Waals surface area contributed by atoms with Gasteiger partial charge in [-0.25, -0.2) is 4.98 Å². The highest BCUT2D eigenvalue weighted by Crippen LogP contribution is 2.05. The number of oxazole rings is 1. The molecule has 1 aromatic heterocycles. The van der Waals surface area contributed by atoms with E-state index >= 15 is 0 Å². The Hall–Kier alpha value is -0.830. The van der Waals surface area contributed by atoms with Gasteiger partial charge in [-0.2, -0.15) is 0 Å². The van der Waals surface area contributed by atoms with Crippen molar-refractivity contribution in [1.82, 2.24) is 10.3 Å². The van der Waals surface area contributed by atoms with Crippen molar-refractivity contribution >= 4 is 0 Å². The highest BCUT2D eigenvalue weighted by atomic mass is 16.4. The molecule has 1 atom stereocenters. The van der Waals surface area contributed by atoms with Gasteiger partial charge in [0.05, 0.1) is 12.7 Å². The predicted molar refractivity (Wildman–Crippen MR) is 61.7 cm³/mol. The average molecular weight is 210 g/mol. The molecule has 1 N–H and O–H groups in total. The van der Waals surface area contributed by atoms with E-state index in [9.17, 15) is 0 Å². The van der Waals surface area contributed by atoms with Crippen molar-refractivity contribution in [3.05, 3.63) is 17.8 Å². The van der Waals surface area contributed by atoms with Crippen LogP contribution in [0.5, 0.6) is 0 Å². The number of rotatable bonds is 7. The maximum Gasteiger partial charge on any atom is 0.208 e. The summed E-state index contributed by atoms with van der Waals surface area (Å²) in [4.78, 5) is 4.16. The van der Waals surface area contributed by atoms with Crippen molar-refractivity contribution in [3.63, 3.8) is 0 Å². The Kier molecular flexibility index (Phi) is 5.40. The molecule has 0 saturated carbocycles. The molecule has 1 heterocycles. The second-order valence-corrected chi connectivity index (χ2v) is 4.14. The van der Waals surface area contributed by atoms with Gasteiger partial charge in [0.2, 0.25) is 5.89 Å². The van der Waals surface area contributed by atoms with Gasteiger partial charge in [0.25, 0.3) is 0 Å². The van der Waals surface area contributed by atoms with Crippen LogP contribution in [0.3, 0.4) is 0 Å². The predicted octanol–water partition coefficient (Wildman–Crippen LogP) is 3.04. The molecule has 1 rings (SSSR count). The summed E-state index contributed by atoms with van der Waals surface area (Å²) in [6, 6.07) is 0.545. The van der Waals surface area contributed by atoms with Crippen molar-refractivity contribution in [1.29, 1.82) is 0 Å². The van der Waals surface area contributed by atoms with Crippen molar-refractivity contribution in [3.8, 4) is 0 Å². The Morgan fingerprint density at radius 2 is 2.27 bits per heavy atom. The molecular weight excluding hydrogens is 188 g/mol. The third-order valence-corrected chi connectivity index (χ3v) is 2.51. The number of hydrogen-bond donors (Lipinski definition) is 1. The fraction of sp³-hybridized carbons (Fsp3) is 0.750. The first-order valence-corrected chi connectivity index (χ1v) is 5.87. The zero-order valence-electron chi connectivity index (χ0n) is 10.0. The summed E-state index contributed by atoms with van der Waals surface area (Å²) in [6.45, 7) is 7.10. The minimum atomic E-state index is 0.545. The van der Waals surface area contributed by atoms with Gasteiger partial charge in [-0.1, -0.05) is 26.2 Å². The third-order valence-electron chi connectivity index (χ3n) is 2.51. The monoisotopic (exact) mass is 210 g/mol. The molecule has 0 fully saturated rings. The van der Waals surface area contributed by atoms with Crippen molar-refractivity contribution in [2.75, 3.05) is 0 Å². The maximum atomic E-state index is 5.39. The van der Waals surface area contributed by atoms with Crippen LogP contribution < -0.4 is 5.32 Å². The van der Waals surface area contributed by atoms with E-state index in [4.69, 9.17) is 4.42 Å². The topological polar surface area (TPSA) is 38.1 Å². The van der Waals surface area contributed by atoms with Gasteiger partial charge in [-0.15, -0.1) is 0 Å². The van der Waals surface area contributed by atoms with Gasteiger partial charge in [0.1, 0.15) is 5.76 Å². The number of aryl methyl sites for hydroxylation is 1. The first-order chi connectivity index (χ1) is 7.22. The maximum absolute atomic E-state index is 5.39. The van der Waals surface area contributed by atoms with E-state index in [1.807, 2.05) is 6.92 Å². The first-order valence-electron chi connectivity index (χ1n) is 5.87. The molecule has 3 heteroatoms. The third kappa shape index (κ3) is 4.98. The van der Waals surface area contributed by atoms with Gasteiger partial charge < -0.3 is 9.73 Å². The van der Waals surface area contributed by atoms with Gasteiger partial charge in [0, 0.05) is 6.04 Å². The van der Waals surface area contributed by atoms with Crippen LogP contribution in [-0.4, -0.2) is 11.0 Å². The van der Waals surface area contributed by atoms with Crippen LogP contribution in [0.4, 0.5) is 0 Å². The van der Waals surface area contributed by atoms with Crippen LogP contribution in [0.25, 0.3) is 0 Å². The molecule has 0 aromatic carbocycles. The van der Waals surface area contributed by atoms with E-state index < -0.39 is 0 Å². The summed E-state index contributed by atoms with van der Waals surface area (Å²) >= 11 is 0. The summed E-state index contributed by atoms with van der Waals surface area (Å²) in [6.07, 6.45) is 6.90. The summed E-state index contributed by atoms with van der Waals surface area (Å²) in [5.41, 5.74) is 0. The van der Waals surface area contributed by atoms with Crippen molar-refractivity contribution < 1.29 is 4.42 Å². The molecule has 0 spiro atoms. The second-order valence-electron chi connectivity index (χ2n) is 4.14. The lowest BCUT2D eigenvalue weighted by molar-refractivity contribution is 0.414. The Morgan fingerprint density at radius 1 is 1.47 bits per heavy atom. The fourth-order valence-corrected chi connectivity index (χ4v) is 1.55. The second kappa shape index (κ2) is 6.62. The molecule has 0 aliphatic heterocycles. The molecule has 1 aromatic rings. The van der Waals surface area contributed by atoms with E-state index in [-0.39, 0.29) is 0 Å². The molecule has 15 heavy (non-hydrogen) atoms. The molecule has 0 radical (unpaired) electrons. The molecular formula is C12H22N2O. The van der Waals surface area contributed by atoms with E-state index in [0.29, 0.717) is 6.04 Å². The van der Waals surface area contributed by atoms with Crippen LogP contribution in [0.2, 0.25) is 0 Å². The molecule has 0 saturated heterocycles. The Balaban J connectivity index is 2.13. The molecule has 0 aliphatic carbocycles. The zero-order valence-corrected chi connectivity index (χ0v) is 10.0. The van der Waals surface area contributed by atoms with Crippen LogP contribution >= 0.6 is 0 Å². The number of nitrogens with zero attached hydrogens (tertiary/aromatic N) is 1. The summed E-state index contributed by atoms with van der Waals surface area (Å²) in [7, 11) is 0. The number of unbranched alkanes of at least 4 members (excludes halogenated alkanes) is 2. The van der Waals surface area contributed by atoms with Gasteiger partial charge in [-0.05, 0) is 20.3 Å². The largest absolute Gasteiger partial charge is 0.445 e. The van der Waals surface area contributed by atoms with Gasteiger partial charge in [-0.3, -0.25) is 0 Å². The van der Waals surface area contributed by atoms with Crippen molar-refractivity contribution in [2.24, 2.45) is 0 Å². The lowest BCUT2D eigenvalue weighted by Crippen LogP contribution is -2.25. The quantitative estimate of drug-likeness (QED) is 0.703. The van der Waals surface area contributed by atoms with Gasteiger partial charge in [0.15, 0.2) is 0 Å². The normalized spacial score (nSPS) is 13.0. The number of nitrogens with one attached hydrogen (secondary N) is 1. The zero-order chi connectivity index (χ0) is 11.1. The van der Waals surface area contributed by atoms with E-state index in [0.717, 1.165) is 18.2 Å². The molecule has 86 valence electrons. The lowest BCUT2D eigenvalue weighted by atomic mass is 10.1. The fourth-order valence-electron chi connectivity index (χ4n) is 1.55. The summed E-state index contributed by atoms with van der Waals surface area (Å²) < 4.78 is 5.39. The molecule has 3 nitrogen and oxygen atoms in total. The Labute approximate surface area is 92.3 Å². The van der Waals surface area contributed by atoms with E-state index in [1.54, 1.807) is 6.20 Å². The SMILES string of the molecule is CCCCCC(C)NCc1ncc(C)o1. The number of aromatic nitrogens is 1. The average Bonchev–Trinajstić information content (AvgIpc) is 2.62. The minimum absolute atomic E-state index is 0.545.